The number of nitrogens with one attached hydrogen (secondary N) is 1. The van der Waals surface area contributed by atoms with Gasteiger partial charge in [0.25, 0.3) is 0 Å². The highest BCUT2D eigenvalue weighted by atomic mass is 19.1. The molecule has 2 aromatic carbocycles. The third-order valence-electron chi connectivity index (χ3n) is 8.24. The second kappa shape index (κ2) is 17.8. The number of carbonyl (C=O) groups excluding carboxylic acids is 4. The maximum Gasteiger partial charge on any atom is 0.410 e. The molecular formula is C36H51FN4O7. The first-order chi connectivity index (χ1) is 22.7. The molecule has 12 heteroatoms. The summed E-state index contributed by atoms with van der Waals surface area (Å²) >= 11 is 0. The largest absolute Gasteiger partial charge is 0.445 e. The number of amides is 4. The van der Waals surface area contributed by atoms with E-state index in [2.05, 4.69) is 5.32 Å². The number of carbonyl (C=O) groups is 4. The van der Waals surface area contributed by atoms with Crippen molar-refractivity contribution in [2.75, 3.05) is 33.3 Å². The Bertz CT molecular complexity index is 1350. The fraction of sp³-hybridized carbons (Fsp3) is 0.556. The van der Waals surface area contributed by atoms with E-state index in [1.807, 2.05) is 30.3 Å². The SMILES string of the molecule is CCO[C@H](C)[C@H](NC(=O)[C@H](C)N(C)C(=O)OC(C)(C)C)C(=O)N1CCC[C@H]1CN(CCc1ccc(F)cc1)C(=O)OCc1ccccc1. The summed E-state index contributed by atoms with van der Waals surface area (Å²) in [5, 5.41) is 2.82. The average molecular weight is 671 g/mol. The van der Waals surface area contributed by atoms with Crippen molar-refractivity contribution in [2.24, 2.45) is 0 Å². The minimum Gasteiger partial charge on any atom is -0.445 e. The van der Waals surface area contributed by atoms with E-state index >= 15 is 0 Å². The Balaban J connectivity index is 1.76. The van der Waals surface area contributed by atoms with E-state index in [1.54, 1.807) is 63.5 Å². The minimum absolute atomic E-state index is 0.0932. The third-order valence-corrected chi connectivity index (χ3v) is 8.24. The van der Waals surface area contributed by atoms with Crippen LogP contribution in [0.2, 0.25) is 0 Å². The molecule has 1 saturated heterocycles. The van der Waals surface area contributed by atoms with Crippen molar-refractivity contribution in [3.05, 3.63) is 71.5 Å². The molecule has 1 heterocycles. The molecule has 1 aliphatic rings. The van der Waals surface area contributed by atoms with Gasteiger partial charge in [-0.1, -0.05) is 42.5 Å². The molecule has 0 saturated carbocycles. The molecule has 48 heavy (non-hydrogen) atoms. The zero-order chi connectivity index (χ0) is 35.4. The van der Waals surface area contributed by atoms with E-state index in [4.69, 9.17) is 14.2 Å². The lowest BCUT2D eigenvalue weighted by atomic mass is 10.1. The molecule has 2 aromatic rings. The summed E-state index contributed by atoms with van der Waals surface area (Å²) in [6.45, 7) is 11.6. The Morgan fingerprint density at radius 3 is 2.29 bits per heavy atom. The maximum absolute atomic E-state index is 14.2. The number of nitrogens with zero attached hydrogens (tertiary/aromatic N) is 3. The first kappa shape index (κ1) is 38.3. The van der Waals surface area contributed by atoms with Crippen molar-refractivity contribution in [2.45, 2.75) is 97.2 Å². The molecule has 0 aromatic heterocycles. The zero-order valence-electron chi connectivity index (χ0n) is 29.2. The van der Waals surface area contributed by atoms with Crippen LogP contribution in [0.5, 0.6) is 0 Å². The normalized spacial score (nSPS) is 16.4. The summed E-state index contributed by atoms with van der Waals surface area (Å²) in [5.74, 6) is -1.21. The number of halogens is 1. The monoisotopic (exact) mass is 670 g/mol. The molecule has 1 aliphatic heterocycles. The van der Waals surface area contributed by atoms with Crippen LogP contribution < -0.4 is 5.32 Å². The van der Waals surface area contributed by atoms with Crippen LogP contribution >= 0.6 is 0 Å². The topological polar surface area (TPSA) is 118 Å². The van der Waals surface area contributed by atoms with Crippen LogP contribution in [0, 0.1) is 5.82 Å². The molecule has 1 N–H and O–H groups in total. The van der Waals surface area contributed by atoms with Crippen LogP contribution in [-0.2, 0) is 36.8 Å². The lowest BCUT2D eigenvalue weighted by Crippen LogP contribution is -2.59. The summed E-state index contributed by atoms with van der Waals surface area (Å²) in [7, 11) is 1.47. The lowest BCUT2D eigenvalue weighted by Gasteiger charge is -2.35. The van der Waals surface area contributed by atoms with Crippen molar-refractivity contribution in [3.63, 3.8) is 0 Å². The molecule has 0 radical (unpaired) electrons. The Morgan fingerprint density at radius 2 is 1.67 bits per heavy atom. The average Bonchev–Trinajstić information content (AvgIpc) is 3.52. The van der Waals surface area contributed by atoms with Gasteiger partial charge in [-0.25, -0.2) is 14.0 Å². The van der Waals surface area contributed by atoms with Crippen molar-refractivity contribution in [1.29, 1.82) is 0 Å². The van der Waals surface area contributed by atoms with Crippen molar-refractivity contribution in [1.82, 2.24) is 20.0 Å². The van der Waals surface area contributed by atoms with Crippen molar-refractivity contribution < 1.29 is 37.8 Å². The van der Waals surface area contributed by atoms with Gasteiger partial charge in [0, 0.05) is 39.3 Å². The van der Waals surface area contributed by atoms with Crippen LogP contribution in [0.25, 0.3) is 0 Å². The number of rotatable bonds is 14. The van der Waals surface area contributed by atoms with Gasteiger partial charge in [0.1, 0.15) is 30.1 Å². The van der Waals surface area contributed by atoms with Crippen LogP contribution in [-0.4, -0.2) is 102 Å². The molecule has 1 fully saturated rings. The number of hydrogen-bond donors (Lipinski definition) is 1. The first-order valence-corrected chi connectivity index (χ1v) is 16.6. The molecule has 0 unspecified atom stereocenters. The Morgan fingerprint density at radius 1 is 1.00 bits per heavy atom. The van der Waals surface area contributed by atoms with E-state index in [0.717, 1.165) is 11.1 Å². The Hall–Kier alpha value is -4.19. The molecule has 4 amide bonds. The van der Waals surface area contributed by atoms with Gasteiger partial charge in [-0.3, -0.25) is 14.5 Å². The molecule has 11 nitrogen and oxygen atoms in total. The first-order valence-electron chi connectivity index (χ1n) is 16.6. The quantitative estimate of drug-likeness (QED) is 0.295. The lowest BCUT2D eigenvalue weighted by molar-refractivity contribution is -0.142. The molecule has 264 valence electrons. The van der Waals surface area contributed by atoms with Crippen LogP contribution in [0.4, 0.5) is 14.0 Å². The number of hydrogen-bond acceptors (Lipinski definition) is 7. The molecule has 0 aliphatic carbocycles. The molecule has 3 rings (SSSR count). The number of benzene rings is 2. The summed E-state index contributed by atoms with van der Waals surface area (Å²) < 4.78 is 30.4. The van der Waals surface area contributed by atoms with E-state index in [9.17, 15) is 23.6 Å². The van der Waals surface area contributed by atoms with Gasteiger partial charge >= 0.3 is 12.2 Å². The predicted molar refractivity (Wildman–Crippen MR) is 180 cm³/mol. The predicted octanol–water partition coefficient (Wildman–Crippen LogP) is 5.16. The van der Waals surface area contributed by atoms with Gasteiger partial charge in [0.05, 0.1) is 6.10 Å². The molecular weight excluding hydrogens is 619 g/mol. The standard InChI is InChI=1S/C36H51FN4O7/c1-8-46-26(3)31(38-32(42)25(2)39(7)34(44)48-36(4,5)6)33(43)41-21-12-15-30(41)23-40(22-20-27-16-18-29(37)19-17-27)35(45)47-24-28-13-10-9-11-14-28/h9-11,13-14,16-19,25-26,30-31H,8,12,15,20-24H2,1-7H3,(H,38,42)/t25-,26+,30-,31-/m0/s1. The summed E-state index contributed by atoms with van der Waals surface area (Å²) in [6, 6.07) is 13.2. The van der Waals surface area contributed by atoms with E-state index in [0.29, 0.717) is 39.0 Å². The second-order valence-electron chi connectivity index (χ2n) is 13.1. The van der Waals surface area contributed by atoms with Gasteiger partial charge in [-0.2, -0.15) is 0 Å². The van der Waals surface area contributed by atoms with Crippen molar-refractivity contribution in [3.8, 4) is 0 Å². The van der Waals surface area contributed by atoms with E-state index < -0.39 is 41.9 Å². The molecule has 0 bridgehead atoms. The molecule has 0 spiro atoms. The smallest absolute Gasteiger partial charge is 0.410 e. The summed E-state index contributed by atoms with van der Waals surface area (Å²) in [4.78, 5) is 58.1. The minimum atomic E-state index is -1.04. The number of likely N-dealkylation sites (tertiary alicyclic amines) is 1. The fourth-order valence-electron chi connectivity index (χ4n) is 5.41. The highest BCUT2D eigenvalue weighted by Gasteiger charge is 2.39. The van der Waals surface area contributed by atoms with Gasteiger partial charge < -0.3 is 29.3 Å². The van der Waals surface area contributed by atoms with Crippen molar-refractivity contribution >= 4 is 24.0 Å². The zero-order valence-corrected chi connectivity index (χ0v) is 29.2. The highest BCUT2D eigenvalue weighted by molar-refractivity contribution is 5.91. The van der Waals surface area contributed by atoms with E-state index in [-0.39, 0.29) is 30.9 Å². The van der Waals surface area contributed by atoms with E-state index in [1.165, 1.54) is 24.1 Å². The fourth-order valence-corrected chi connectivity index (χ4v) is 5.41. The van der Waals surface area contributed by atoms with Gasteiger partial charge in [0.15, 0.2) is 0 Å². The number of ether oxygens (including phenoxy) is 3. The Labute approximate surface area is 283 Å². The second-order valence-corrected chi connectivity index (χ2v) is 13.1. The van der Waals surface area contributed by atoms with Gasteiger partial charge in [-0.15, -0.1) is 0 Å². The third kappa shape index (κ3) is 11.5. The maximum atomic E-state index is 14.2. The summed E-state index contributed by atoms with van der Waals surface area (Å²) in [5.41, 5.74) is 0.960. The van der Waals surface area contributed by atoms with Gasteiger partial charge in [0.2, 0.25) is 11.8 Å². The molecule has 4 atom stereocenters. The Kier molecular flexibility index (Phi) is 14.2. The van der Waals surface area contributed by atoms with Crippen LogP contribution in [0.1, 0.15) is 65.5 Å². The van der Waals surface area contributed by atoms with Gasteiger partial charge in [-0.05, 0) is 84.1 Å². The number of likely N-dealkylation sites (N-methyl/N-ethyl adjacent to an activating group) is 1. The highest BCUT2D eigenvalue weighted by Crippen LogP contribution is 2.22. The summed E-state index contributed by atoms with van der Waals surface area (Å²) in [6.07, 6.45) is -0.0336. The van der Waals surface area contributed by atoms with Crippen LogP contribution in [0.3, 0.4) is 0 Å². The van der Waals surface area contributed by atoms with Crippen LogP contribution in [0.15, 0.2) is 54.6 Å².